The molecule has 0 spiro atoms. The van der Waals surface area contributed by atoms with E-state index in [1.165, 1.54) is 25.1 Å². The first-order valence-corrected chi connectivity index (χ1v) is 8.62. The topological polar surface area (TPSA) is 75.7 Å². The molecule has 2 aromatic rings. The summed E-state index contributed by atoms with van der Waals surface area (Å²) in [6, 6.07) is 12.2. The molecular formula is C20H19FN2O4. The maximum absolute atomic E-state index is 13.6. The minimum Gasteiger partial charge on any atom is -0.449 e. The molecule has 1 fully saturated rings. The smallest absolute Gasteiger partial charge is 0.338 e. The Bertz CT molecular complexity index is 884. The van der Waals surface area contributed by atoms with Crippen LogP contribution >= 0.6 is 0 Å². The Hall–Kier alpha value is -3.22. The molecule has 1 aliphatic heterocycles. The van der Waals surface area contributed by atoms with Crippen LogP contribution in [0.3, 0.4) is 0 Å². The summed E-state index contributed by atoms with van der Waals surface area (Å²) in [5.41, 5.74) is 0.869. The van der Waals surface area contributed by atoms with Crippen molar-refractivity contribution in [2.45, 2.75) is 25.9 Å². The fourth-order valence-electron chi connectivity index (χ4n) is 2.80. The van der Waals surface area contributed by atoms with Crippen molar-refractivity contribution < 1.29 is 23.5 Å². The molecule has 0 saturated carbocycles. The number of hydrogen-bond donors (Lipinski definition) is 1. The van der Waals surface area contributed by atoms with Crippen molar-refractivity contribution in [3.8, 4) is 0 Å². The van der Waals surface area contributed by atoms with Gasteiger partial charge in [0.15, 0.2) is 6.10 Å². The molecular weight excluding hydrogens is 351 g/mol. The third-order valence-electron chi connectivity index (χ3n) is 4.25. The highest BCUT2D eigenvalue weighted by molar-refractivity contribution is 5.99. The molecule has 0 bridgehead atoms. The zero-order chi connectivity index (χ0) is 19.4. The second kappa shape index (κ2) is 7.99. The Morgan fingerprint density at radius 1 is 1.19 bits per heavy atom. The molecule has 1 saturated heterocycles. The minimum atomic E-state index is -1.12. The molecule has 6 nitrogen and oxygen atoms in total. The van der Waals surface area contributed by atoms with Gasteiger partial charge in [-0.25, -0.2) is 9.18 Å². The number of amides is 2. The first-order valence-electron chi connectivity index (χ1n) is 8.62. The van der Waals surface area contributed by atoms with Gasteiger partial charge in [-0.3, -0.25) is 9.59 Å². The lowest BCUT2D eigenvalue weighted by molar-refractivity contribution is -0.123. The number of ether oxygens (including phenoxy) is 1. The van der Waals surface area contributed by atoms with E-state index in [4.69, 9.17) is 4.74 Å². The van der Waals surface area contributed by atoms with E-state index in [0.717, 1.165) is 6.42 Å². The fraction of sp³-hybridized carbons (Fsp3) is 0.250. The van der Waals surface area contributed by atoms with Gasteiger partial charge in [0.05, 0.1) is 11.3 Å². The predicted molar refractivity (Wildman–Crippen MR) is 97.9 cm³/mol. The molecule has 0 aliphatic carbocycles. The Morgan fingerprint density at radius 2 is 1.96 bits per heavy atom. The fourth-order valence-corrected chi connectivity index (χ4v) is 2.80. The summed E-state index contributed by atoms with van der Waals surface area (Å²) in [6.07, 6.45) is 0.150. The van der Waals surface area contributed by atoms with Crippen molar-refractivity contribution in [3.05, 3.63) is 59.9 Å². The first kappa shape index (κ1) is 18.6. The van der Waals surface area contributed by atoms with Gasteiger partial charge in [0.25, 0.3) is 5.91 Å². The minimum absolute atomic E-state index is 0.0122. The highest BCUT2D eigenvalue weighted by Crippen LogP contribution is 2.23. The summed E-state index contributed by atoms with van der Waals surface area (Å²) in [7, 11) is 0. The van der Waals surface area contributed by atoms with Crippen LogP contribution in [0.2, 0.25) is 0 Å². The quantitative estimate of drug-likeness (QED) is 0.821. The number of halogens is 1. The van der Waals surface area contributed by atoms with Gasteiger partial charge in [-0.15, -0.1) is 0 Å². The van der Waals surface area contributed by atoms with E-state index in [0.29, 0.717) is 18.7 Å². The average Bonchev–Trinajstić information content (AvgIpc) is 3.09. The van der Waals surface area contributed by atoms with E-state index < -0.39 is 23.8 Å². The zero-order valence-electron chi connectivity index (χ0n) is 14.8. The van der Waals surface area contributed by atoms with Crippen molar-refractivity contribution >= 4 is 29.2 Å². The second-order valence-electron chi connectivity index (χ2n) is 6.22. The van der Waals surface area contributed by atoms with Crippen LogP contribution in [0, 0.1) is 5.82 Å². The van der Waals surface area contributed by atoms with Crippen LogP contribution < -0.4 is 10.2 Å². The van der Waals surface area contributed by atoms with Crippen LogP contribution in [0.25, 0.3) is 0 Å². The van der Waals surface area contributed by atoms with Crippen molar-refractivity contribution in [1.82, 2.24) is 0 Å². The SMILES string of the molecule is C[C@H](OC(=O)c1cccc(N2CCCC2=O)c1)C(=O)Nc1ccccc1F. The largest absolute Gasteiger partial charge is 0.449 e. The maximum atomic E-state index is 13.6. The molecule has 1 aliphatic rings. The normalized spacial score (nSPS) is 14.7. The van der Waals surface area contributed by atoms with Gasteiger partial charge in [0.1, 0.15) is 5.82 Å². The predicted octanol–water partition coefficient (Wildman–Crippen LogP) is 3.14. The lowest BCUT2D eigenvalue weighted by Crippen LogP contribution is -2.30. The number of nitrogens with zero attached hydrogens (tertiary/aromatic N) is 1. The van der Waals surface area contributed by atoms with Crippen LogP contribution in [0.1, 0.15) is 30.1 Å². The lowest BCUT2D eigenvalue weighted by Gasteiger charge is -2.17. The van der Waals surface area contributed by atoms with Crippen LogP contribution in [-0.2, 0) is 14.3 Å². The van der Waals surface area contributed by atoms with E-state index in [1.807, 2.05) is 0 Å². The molecule has 0 aromatic heterocycles. The van der Waals surface area contributed by atoms with Crippen molar-refractivity contribution in [2.75, 3.05) is 16.8 Å². The van der Waals surface area contributed by atoms with Crippen molar-refractivity contribution in [1.29, 1.82) is 0 Å². The average molecular weight is 370 g/mol. The number of para-hydroxylation sites is 1. The molecule has 27 heavy (non-hydrogen) atoms. The molecule has 3 rings (SSSR count). The molecule has 140 valence electrons. The van der Waals surface area contributed by atoms with Gasteiger partial charge in [-0.2, -0.15) is 0 Å². The van der Waals surface area contributed by atoms with Crippen LogP contribution in [0.5, 0.6) is 0 Å². The van der Waals surface area contributed by atoms with Crippen LogP contribution in [0.15, 0.2) is 48.5 Å². The molecule has 1 heterocycles. The lowest BCUT2D eigenvalue weighted by atomic mass is 10.2. The number of esters is 1. The third-order valence-corrected chi connectivity index (χ3v) is 4.25. The molecule has 0 radical (unpaired) electrons. The van der Waals surface area contributed by atoms with Gasteiger partial charge in [-0.05, 0) is 43.7 Å². The van der Waals surface area contributed by atoms with Crippen molar-refractivity contribution in [2.24, 2.45) is 0 Å². The maximum Gasteiger partial charge on any atom is 0.338 e. The molecule has 0 unspecified atom stereocenters. The van der Waals surface area contributed by atoms with E-state index >= 15 is 0 Å². The second-order valence-corrected chi connectivity index (χ2v) is 6.22. The molecule has 7 heteroatoms. The molecule has 2 aromatic carbocycles. The Balaban J connectivity index is 1.65. The summed E-state index contributed by atoms with van der Waals surface area (Å²) in [6.45, 7) is 2.01. The van der Waals surface area contributed by atoms with E-state index in [9.17, 15) is 18.8 Å². The van der Waals surface area contributed by atoms with E-state index in [-0.39, 0.29) is 17.2 Å². The Kier molecular flexibility index (Phi) is 5.49. The Labute approximate surface area is 155 Å². The van der Waals surface area contributed by atoms with Gasteiger partial charge in [-0.1, -0.05) is 18.2 Å². The summed E-state index contributed by atoms with van der Waals surface area (Å²) >= 11 is 0. The van der Waals surface area contributed by atoms with Gasteiger partial charge >= 0.3 is 5.97 Å². The summed E-state index contributed by atoms with van der Waals surface area (Å²) in [5.74, 6) is -1.90. The van der Waals surface area contributed by atoms with Gasteiger partial charge < -0.3 is 15.0 Å². The molecule has 2 amide bonds. The standard InChI is InChI=1S/C20H19FN2O4/c1-13(19(25)22-17-9-3-2-8-16(17)21)27-20(26)14-6-4-7-15(12-14)23-11-5-10-18(23)24/h2-4,6-9,12-13H,5,10-11H2,1H3,(H,22,25)/t13-/m0/s1. The molecule has 1 N–H and O–H groups in total. The third kappa shape index (κ3) is 4.31. The first-order chi connectivity index (χ1) is 13.0. The highest BCUT2D eigenvalue weighted by atomic mass is 19.1. The zero-order valence-corrected chi connectivity index (χ0v) is 14.8. The van der Waals surface area contributed by atoms with E-state index in [2.05, 4.69) is 5.32 Å². The summed E-state index contributed by atoms with van der Waals surface area (Å²) in [4.78, 5) is 38.0. The highest BCUT2D eigenvalue weighted by Gasteiger charge is 2.24. The number of nitrogens with one attached hydrogen (secondary N) is 1. The van der Waals surface area contributed by atoms with Crippen LogP contribution in [-0.4, -0.2) is 30.4 Å². The van der Waals surface area contributed by atoms with Gasteiger partial charge in [0, 0.05) is 18.7 Å². The van der Waals surface area contributed by atoms with Crippen LogP contribution in [0.4, 0.5) is 15.8 Å². The van der Waals surface area contributed by atoms with Crippen molar-refractivity contribution in [3.63, 3.8) is 0 Å². The number of rotatable bonds is 5. The number of benzene rings is 2. The summed E-state index contributed by atoms with van der Waals surface area (Å²) in [5, 5.41) is 2.38. The van der Waals surface area contributed by atoms with E-state index in [1.54, 1.807) is 35.2 Å². The van der Waals surface area contributed by atoms with Gasteiger partial charge in [0.2, 0.25) is 5.91 Å². The molecule has 1 atom stereocenters. The Morgan fingerprint density at radius 3 is 2.67 bits per heavy atom. The number of anilines is 2. The monoisotopic (exact) mass is 370 g/mol. The number of hydrogen-bond acceptors (Lipinski definition) is 4. The summed E-state index contributed by atoms with van der Waals surface area (Å²) < 4.78 is 18.8. The number of carbonyl (C=O) groups is 3. The number of carbonyl (C=O) groups excluding carboxylic acids is 3.